The maximum absolute atomic E-state index is 12.9. The van der Waals surface area contributed by atoms with Crippen LogP contribution in [0.2, 0.25) is 0 Å². The number of fused-ring (bicyclic) bond motifs is 1. The summed E-state index contributed by atoms with van der Waals surface area (Å²) in [6.07, 6.45) is 17.0. The van der Waals surface area contributed by atoms with E-state index >= 15 is 0 Å². The van der Waals surface area contributed by atoms with Crippen molar-refractivity contribution >= 4 is 28.1 Å². The molecule has 1 saturated carbocycles. The van der Waals surface area contributed by atoms with Gasteiger partial charge in [-0.15, -0.1) is 6.42 Å². The summed E-state index contributed by atoms with van der Waals surface area (Å²) in [6.45, 7) is 1.56. The molecule has 9 heteroatoms. The number of hydrogen-bond acceptors (Lipinski definition) is 8. The number of aliphatic hydroxyl groups is 1. The molecule has 2 N–H and O–H groups in total. The molecule has 2 aromatic heterocycles. The Labute approximate surface area is 196 Å². The zero-order valence-corrected chi connectivity index (χ0v) is 19.4. The molecule has 33 heavy (non-hydrogen) atoms. The Balaban J connectivity index is 1.40. The first-order valence-electron chi connectivity index (χ1n) is 11.5. The van der Waals surface area contributed by atoms with Crippen LogP contribution in [0.1, 0.15) is 55.6 Å². The van der Waals surface area contributed by atoms with E-state index in [1.54, 1.807) is 12.4 Å². The van der Waals surface area contributed by atoms with Gasteiger partial charge in [-0.2, -0.15) is 4.98 Å². The molecule has 0 aromatic carbocycles. The number of hydrogen-bond donors (Lipinski definition) is 2. The van der Waals surface area contributed by atoms with Gasteiger partial charge < -0.3 is 15.3 Å². The van der Waals surface area contributed by atoms with Crippen LogP contribution < -0.4 is 10.2 Å². The van der Waals surface area contributed by atoms with Gasteiger partial charge in [0.15, 0.2) is 5.82 Å². The molecule has 2 aliphatic heterocycles. The lowest BCUT2D eigenvalue weighted by atomic mass is 9.77. The van der Waals surface area contributed by atoms with Crippen molar-refractivity contribution in [1.82, 2.24) is 19.9 Å². The van der Waals surface area contributed by atoms with Gasteiger partial charge in [-0.25, -0.2) is 15.0 Å². The Kier molecular flexibility index (Phi) is 6.13. The summed E-state index contributed by atoms with van der Waals surface area (Å²) in [7, 11) is -1.12. The van der Waals surface area contributed by atoms with Crippen LogP contribution >= 0.6 is 0 Å². The summed E-state index contributed by atoms with van der Waals surface area (Å²) in [6, 6.07) is 0. The summed E-state index contributed by atoms with van der Waals surface area (Å²) in [5.74, 6) is 5.17. The van der Waals surface area contributed by atoms with Crippen LogP contribution in [0.25, 0.3) is 5.57 Å². The molecule has 2 aromatic rings. The van der Waals surface area contributed by atoms with Gasteiger partial charge in [0.05, 0.1) is 34.2 Å². The minimum atomic E-state index is -1.12. The Morgan fingerprint density at radius 1 is 1.18 bits per heavy atom. The number of aliphatic hydroxyl groups excluding tert-OH is 1. The Morgan fingerprint density at radius 2 is 2.00 bits per heavy atom. The van der Waals surface area contributed by atoms with E-state index < -0.39 is 10.8 Å². The molecule has 3 aliphatic rings. The highest BCUT2D eigenvalue weighted by Gasteiger charge is 2.38. The highest BCUT2D eigenvalue weighted by atomic mass is 32.2. The highest BCUT2D eigenvalue weighted by molar-refractivity contribution is 7.85. The first kappa shape index (κ1) is 22.0. The zero-order valence-electron chi connectivity index (χ0n) is 18.6. The van der Waals surface area contributed by atoms with E-state index in [2.05, 4.69) is 32.2 Å². The van der Waals surface area contributed by atoms with Gasteiger partial charge in [-0.3, -0.25) is 4.21 Å². The van der Waals surface area contributed by atoms with Gasteiger partial charge in [-0.05, 0) is 50.5 Å². The summed E-state index contributed by atoms with van der Waals surface area (Å²) in [5, 5.41) is 13.4. The van der Waals surface area contributed by atoms with Gasteiger partial charge in [0.25, 0.3) is 0 Å². The average Bonchev–Trinajstić information content (AvgIpc) is 3.08. The summed E-state index contributed by atoms with van der Waals surface area (Å²) in [5.41, 5.74) is 2.26. The topological polar surface area (TPSA) is 104 Å². The molecule has 1 atom stereocenters. The second-order valence-electron chi connectivity index (χ2n) is 8.91. The molecule has 1 aliphatic carbocycles. The van der Waals surface area contributed by atoms with E-state index in [0.29, 0.717) is 28.9 Å². The number of aromatic nitrogens is 4. The van der Waals surface area contributed by atoms with Crippen LogP contribution in [0, 0.1) is 12.3 Å². The van der Waals surface area contributed by atoms with Gasteiger partial charge in [-0.1, -0.05) is 12.0 Å². The standard InChI is InChI=1S/C24H28N6O2S/c1-2-17-14-25-21(26-15-17)18-6-3-11-30(12-8-18)23-27-19-7-4-13-33(32)20(19)22(28-23)29-24(16-31)9-5-10-24/h1,6,14-15,31H,3-5,7-13,16H2,(H,27,28,29). The summed E-state index contributed by atoms with van der Waals surface area (Å²) in [4.78, 5) is 21.4. The van der Waals surface area contributed by atoms with Crippen LogP contribution in [0.4, 0.5) is 11.8 Å². The van der Waals surface area contributed by atoms with E-state index in [1.165, 1.54) is 0 Å². The third kappa shape index (κ3) is 4.37. The average molecular weight is 465 g/mol. The van der Waals surface area contributed by atoms with Crippen molar-refractivity contribution < 1.29 is 9.32 Å². The molecule has 4 heterocycles. The fourth-order valence-electron chi connectivity index (χ4n) is 4.60. The maximum atomic E-state index is 12.9. The number of rotatable bonds is 5. The predicted molar refractivity (Wildman–Crippen MR) is 128 cm³/mol. The van der Waals surface area contributed by atoms with Gasteiger partial charge in [0.2, 0.25) is 5.95 Å². The van der Waals surface area contributed by atoms with Crippen molar-refractivity contribution in [1.29, 1.82) is 0 Å². The number of nitrogens with zero attached hydrogens (tertiary/aromatic N) is 5. The quantitative estimate of drug-likeness (QED) is 0.650. The smallest absolute Gasteiger partial charge is 0.227 e. The Morgan fingerprint density at radius 3 is 2.70 bits per heavy atom. The largest absolute Gasteiger partial charge is 0.394 e. The molecule has 172 valence electrons. The van der Waals surface area contributed by atoms with Crippen LogP contribution in [0.5, 0.6) is 0 Å². The van der Waals surface area contributed by atoms with Gasteiger partial charge >= 0.3 is 0 Å². The molecule has 0 amide bonds. The molecule has 8 nitrogen and oxygen atoms in total. The number of aryl methyl sites for hydroxylation is 1. The molecular weight excluding hydrogens is 436 g/mol. The molecule has 0 spiro atoms. The SMILES string of the molecule is C#Cc1cnc(C2=CCCN(c3nc4c(c(NC5(CO)CCC5)n3)S(=O)CCC4)CC2)nc1. The van der Waals surface area contributed by atoms with Crippen molar-refractivity contribution in [3.63, 3.8) is 0 Å². The van der Waals surface area contributed by atoms with Crippen LogP contribution in [0.15, 0.2) is 23.4 Å². The van der Waals surface area contributed by atoms with E-state index in [0.717, 1.165) is 74.2 Å². The minimum absolute atomic E-state index is 0.0448. The fraction of sp³-hybridized carbons (Fsp3) is 0.500. The van der Waals surface area contributed by atoms with Crippen LogP contribution in [-0.4, -0.2) is 60.2 Å². The summed E-state index contributed by atoms with van der Waals surface area (Å²) < 4.78 is 12.9. The van der Waals surface area contributed by atoms with E-state index in [1.807, 2.05) is 0 Å². The third-order valence-corrected chi connectivity index (χ3v) is 8.26. The molecule has 5 rings (SSSR count). The minimum Gasteiger partial charge on any atom is -0.394 e. The monoisotopic (exact) mass is 464 g/mol. The molecular formula is C24H28N6O2S. The second kappa shape index (κ2) is 9.20. The lowest BCUT2D eigenvalue weighted by Gasteiger charge is -2.42. The molecule has 1 fully saturated rings. The van der Waals surface area contributed by atoms with Crippen molar-refractivity contribution in [3.05, 3.63) is 35.6 Å². The Hall–Kier alpha value is -2.83. The first-order valence-corrected chi connectivity index (χ1v) is 12.8. The number of nitrogens with one attached hydrogen (secondary N) is 1. The van der Waals surface area contributed by atoms with E-state index in [4.69, 9.17) is 16.4 Å². The van der Waals surface area contributed by atoms with Crippen molar-refractivity contribution in [2.24, 2.45) is 0 Å². The maximum Gasteiger partial charge on any atom is 0.227 e. The first-order chi connectivity index (χ1) is 16.1. The summed E-state index contributed by atoms with van der Waals surface area (Å²) >= 11 is 0. The second-order valence-corrected chi connectivity index (χ2v) is 10.4. The normalized spacial score (nSPS) is 21.8. The van der Waals surface area contributed by atoms with Crippen molar-refractivity contribution in [3.8, 4) is 12.3 Å². The van der Waals surface area contributed by atoms with Crippen molar-refractivity contribution in [2.45, 2.75) is 55.4 Å². The molecule has 1 unspecified atom stereocenters. The fourth-order valence-corrected chi connectivity index (χ4v) is 5.94. The van der Waals surface area contributed by atoms with Crippen LogP contribution in [0.3, 0.4) is 0 Å². The van der Waals surface area contributed by atoms with E-state index in [9.17, 15) is 9.32 Å². The van der Waals surface area contributed by atoms with Crippen LogP contribution in [-0.2, 0) is 17.2 Å². The van der Waals surface area contributed by atoms with Gasteiger partial charge in [0.1, 0.15) is 10.7 Å². The molecule has 0 saturated heterocycles. The number of terminal acetylenes is 1. The number of anilines is 2. The van der Waals surface area contributed by atoms with E-state index in [-0.39, 0.29) is 12.1 Å². The molecule has 0 radical (unpaired) electrons. The lowest BCUT2D eigenvalue weighted by molar-refractivity contribution is 0.143. The Bertz CT molecular complexity index is 1130. The van der Waals surface area contributed by atoms with Gasteiger partial charge in [0, 0.05) is 31.2 Å². The third-order valence-electron chi connectivity index (χ3n) is 6.72. The molecule has 0 bridgehead atoms. The van der Waals surface area contributed by atoms with Crippen molar-refractivity contribution in [2.75, 3.05) is 35.7 Å². The lowest BCUT2D eigenvalue weighted by Crippen LogP contribution is -2.49. The zero-order chi connectivity index (χ0) is 22.8. The highest BCUT2D eigenvalue weighted by Crippen LogP contribution is 2.38. The predicted octanol–water partition coefficient (Wildman–Crippen LogP) is 2.31.